The largest absolute Gasteiger partial charge is 0.268 e. The molecule has 0 spiro atoms. The molecule has 0 radical (unpaired) electrons. The molecule has 3 rings (SSSR count). The van der Waals surface area contributed by atoms with Crippen molar-refractivity contribution in [1.29, 1.82) is 0 Å². The van der Waals surface area contributed by atoms with Crippen molar-refractivity contribution < 1.29 is 0 Å². The number of hydrogen-bond acceptors (Lipinski definition) is 2. The van der Waals surface area contributed by atoms with Crippen molar-refractivity contribution in [3.63, 3.8) is 0 Å². The van der Waals surface area contributed by atoms with Crippen LogP contribution < -0.4 is 0 Å². The van der Waals surface area contributed by atoms with Gasteiger partial charge < -0.3 is 0 Å². The van der Waals surface area contributed by atoms with Crippen LogP contribution >= 0.6 is 44.1 Å². The monoisotopic (exact) mass is 409 g/mol. The van der Waals surface area contributed by atoms with Gasteiger partial charge in [-0.25, -0.2) is 0 Å². The molecule has 0 saturated heterocycles. The van der Waals surface area contributed by atoms with Crippen LogP contribution in [-0.4, -0.2) is 14.8 Å². The fourth-order valence-corrected chi connectivity index (χ4v) is 3.52. The Morgan fingerprint density at radius 3 is 2.30 bits per heavy atom. The minimum Gasteiger partial charge on any atom is -0.268 e. The van der Waals surface area contributed by atoms with E-state index in [2.05, 4.69) is 42.1 Å². The lowest BCUT2D eigenvalue weighted by atomic mass is 10.2. The Morgan fingerprint density at radius 1 is 1.00 bits per heavy atom. The molecule has 0 aliphatic rings. The zero-order valence-electron chi connectivity index (χ0n) is 10.2. The first-order valence-corrected chi connectivity index (χ1v) is 7.84. The third kappa shape index (κ3) is 2.63. The third-order valence-corrected chi connectivity index (χ3v) is 4.00. The van der Waals surface area contributed by atoms with Crippen LogP contribution in [0.3, 0.4) is 0 Å². The molecule has 0 atom stereocenters. The number of benzene rings is 2. The van der Waals surface area contributed by atoms with Crippen molar-refractivity contribution in [3.05, 3.63) is 62.2 Å². The van der Waals surface area contributed by atoms with Gasteiger partial charge in [0.25, 0.3) is 0 Å². The standard InChI is InChI=1S/C14H9Br2N3S/c15-10-6-9(7-11(16)8-10)13-17-18-14(20)19(13)12-4-2-1-3-5-12/h1-8H,(H,18,20). The molecule has 0 unspecified atom stereocenters. The first-order chi connectivity index (χ1) is 9.65. The van der Waals surface area contributed by atoms with Gasteiger partial charge in [-0.1, -0.05) is 50.1 Å². The molecule has 100 valence electrons. The molecule has 1 heterocycles. The summed E-state index contributed by atoms with van der Waals surface area (Å²) in [7, 11) is 0. The summed E-state index contributed by atoms with van der Waals surface area (Å²) >= 11 is 12.3. The molecule has 20 heavy (non-hydrogen) atoms. The maximum Gasteiger partial charge on any atom is 0.200 e. The molecule has 3 nitrogen and oxygen atoms in total. The second kappa shape index (κ2) is 5.63. The average molecular weight is 411 g/mol. The number of para-hydroxylation sites is 1. The minimum atomic E-state index is 0.572. The molecule has 1 aromatic heterocycles. The van der Waals surface area contributed by atoms with E-state index in [0.29, 0.717) is 4.77 Å². The maximum absolute atomic E-state index is 5.34. The Bertz CT molecular complexity index is 789. The second-order valence-corrected chi connectivity index (χ2v) is 6.40. The summed E-state index contributed by atoms with van der Waals surface area (Å²) in [6.45, 7) is 0. The van der Waals surface area contributed by atoms with E-state index < -0.39 is 0 Å². The minimum absolute atomic E-state index is 0.572. The molecule has 0 aliphatic heterocycles. The fourth-order valence-electron chi connectivity index (χ4n) is 1.99. The molecule has 0 bridgehead atoms. The normalized spacial score (nSPS) is 10.7. The summed E-state index contributed by atoms with van der Waals surface area (Å²) in [5.41, 5.74) is 1.96. The van der Waals surface area contributed by atoms with Crippen molar-refractivity contribution in [1.82, 2.24) is 14.8 Å². The van der Waals surface area contributed by atoms with Gasteiger partial charge >= 0.3 is 0 Å². The zero-order chi connectivity index (χ0) is 14.1. The van der Waals surface area contributed by atoms with E-state index in [9.17, 15) is 0 Å². The highest BCUT2D eigenvalue weighted by Crippen LogP contribution is 2.28. The lowest BCUT2D eigenvalue weighted by Crippen LogP contribution is -1.97. The van der Waals surface area contributed by atoms with Crippen LogP contribution in [0, 0.1) is 4.77 Å². The van der Waals surface area contributed by atoms with Gasteiger partial charge in [-0.3, -0.25) is 9.67 Å². The number of nitrogens with zero attached hydrogens (tertiary/aromatic N) is 2. The first-order valence-electron chi connectivity index (χ1n) is 5.84. The van der Waals surface area contributed by atoms with Crippen LogP contribution in [-0.2, 0) is 0 Å². The highest BCUT2D eigenvalue weighted by molar-refractivity contribution is 9.11. The number of nitrogens with one attached hydrogen (secondary N) is 1. The Kier molecular flexibility index (Phi) is 3.87. The molecule has 0 fully saturated rings. The van der Waals surface area contributed by atoms with E-state index in [1.807, 2.05) is 53.1 Å². The number of rotatable bonds is 2. The Morgan fingerprint density at radius 2 is 1.65 bits per heavy atom. The third-order valence-electron chi connectivity index (χ3n) is 2.81. The fraction of sp³-hybridized carbons (Fsp3) is 0. The lowest BCUT2D eigenvalue weighted by molar-refractivity contribution is 1.04. The number of hydrogen-bond donors (Lipinski definition) is 1. The van der Waals surface area contributed by atoms with Crippen LogP contribution in [0.1, 0.15) is 0 Å². The van der Waals surface area contributed by atoms with Gasteiger partial charge in [-0.05, 0) is 42.5 Å². The average Bonchev–Trinajstić information content (AvgIpc) is 2.80. The van der Waals surface area contributed by atoms with Crippen LogP contribution in [0.2, 0.25) is 0 Å². The molecule has 6 heteroatoms. The Balaban J connectivity index is 2.24. The van der Waals surface area contributed by atoms with Gasteiger partial charge in [-0.2, -0.15) is 5.10 Å². The smallest absolute Gasteiger partial charge is 0.200 e. The summed E-state index contributed by atoms with van der Waals surface area (Å²) in [6, 6.07) is 15.9. The van der Waals surface area contributed by atoms with Crippen LogP contribution in [0.4, 0.5) is 0 Å². The number of aromatic amines is 1. The molecular weight excluding hydrogens is 402 g/mol. The summed E-state index contributed by atoms with van der Waals surface area (Å²) < 4.78 is 4.46. The molecule has 1 N–H and O–H groups in total. The van der Waals surface area contributed by atoms with E-state index in [1.165, 1.54) is 0 Å². The van der Waals surface area contributed by atoms with Gasteiger partial charge in [0.2, 0.25) is 0 Å². The molecule has 0 saturated carbocycles. The number of H-pyrrole nitrogens is 1. The second-order valence-electron chi connectivity index (χ2n) is 4.18. The number of halogens is 2. The SMILES string of the molecule is S=c1[nH]nc(-c2cc(Br)cc(Br)c2)n1-c1ccccc1. The van der Waals surface area contributed by atoms with Crippen LogP contribution in [0.15, 0.2) is 57.5 Å². The predicted molar refractivity (Wildman–Crippen MR) is 89.6 cm³/mol. The van der Waals surface area contributed by atoms with Crippen molar-refractivity contribution in [3.8, 4) is 17.1 Å². The molecule has 2 aromatic carbocycles. The van der Waals surface area contributed by atoms with E-state index in [1.54, 1.807) is 0 Å². The van der Waals surface area contributed by atoms with Crippen molar-refractivity contribution in [2.75, 3.05) is 0 Å². The Labute approximate surface area is 137 Å². The predicted octanol–water partition coefficient (Wildman–Crippen LogP) is 5.12. The maximum atomic E-state index is 5.34. The van der Waals surface area contributed by atoms with Gasteiger partial charge in [-0.15, -0.1) is 0 Å². The number of aromatic nitrogens is 3. The van der Waals surface area contributed by atoms with Gasteiger partial charge in [0, 0.05) is 20.2 Å². The van der Waals surface area contributed by atoms with Crippen molar-refractivity contribution in [2.24, 2.45) is 0 Å². The molecular formula is C14H9Br2N3S. The Hall–Kier alpha value is -1.24. The summed E-state index contributed by atoms with van der Waals surface area (Å²) in [5.74, 6) is 0.781. The molecule has 3 aromatic rings. The molecule has 0 amide bonds. The quantitative estimate of drug-likeness (QED) is 0.594. The highest BCUT2D eigenvalue weighted by Gasteiger charge is 2.11. The van der Waals surface area contributed by atoms with E-state index in [4.69, 9.17) is 12.2 Å². The topological polar surface area (TPSA) is 33.6 Å². The lowest BCUT2D eigenvalue weighted by Gasteiger charge is -2.07. The van der Waals surface area contributed by atoms with Gasteiger partial charge in [0.05, 0.1) is 0 Å². The van der Waals surface area contributed by atoms with E-state index in [-0.39, 0.29) is 0 Å². The first kappa shape index (κ1) is 13.7. The van der Waals surface area contributed by atoms with Crippen LogP contribution in [0.5, 0.6) is 0 Å². The van der Waals surface area contributed by atoms with Gasteiger partial charge in [0.1, 0.15) is 0 Å². The zero-order valence-corrected chi connectivity index (χ0v) is 14.2. The van der Waals surface area contributed by atoms with E-state index in [0.717, 1.165) is 26.0 Å². The summed E-state index contributed by atoms with van der Waals surface area (Å²) in [5, 5.41) is 7.21. The van der Waals surface area contributed by atoms with E-state index >= 15 is 0 Å². The summed E-state index contributed by atoms with van der Waals surface area (Å²) in [4.78, 5) is 0. The summed E-state index contributed by atoms with van der Waals surface area (Å²) in [6.07, 6.45) is 0. The van der Waals surface area contributed by atoms with Crippen molar-refractivity contribution in [2.45, 2.75) is 0 Å². The van der Waals surface area contributed by atoms with Gasteiger partial charge in [0.15, 0.2) is 10.6 Å². The molecule has 0 aliphatic carbocycles. The highest BCUT2D eigenvalue weighted by atomic mass is 79.9. The van der Waals surface area contributed by atoms with Crippen LogP contribution in [0.25, 0.3) is 17.1 Å². The van der Waals surface area contributed by atoms with Crippen molar-refractivity contribution >= 4 is 44.1 Å².